The van der Waals surface area contributed by atoms with Crippen molar-refractivity contribution in [2.75, 3.05) is 19.6 Å². The van der Waals surface area contributed by atoms with E-state index < -0.39 is 0 Å². The molecule has 0 spiro atoms. The molecule has 0 saturated carbocycles. The van der Waals surface area contributed by atoms with Crippen LogP contribution in [0.2, 0.25) is 0 Å². The molecule has 0 aliphatic carbocycles. The van der Waals surface area contributed by atoms with E-state index in [1.807, 2.05) is 0 Å². The van der Waals surface area contributed by atoms with Crippen LogP contribution in [-0.4, -0.2) is 19.6 Å². The zero-order valence-corrected chi connectivity index (χ0v) is 11.3. The summed E-state index contributed by atoms with van der Waals surface area (Å²) < 4.78 is 0. The van der Waals surface area contributed by atoms with Gasteiger partial charge in [0.25, 0.3) is 0 Å². The topological polar surface area (TPSA) is 38.0 Å². The number of nitrogens with one attached hydrogen (secondary N) is 1. The molecule has 0 aromatic carbocycles. The zero-order valence-electron chi connectivity index (χ0n) is 11.3. The average molecular weight is 228 g/mol. The fourth-order valence-corrected chi connectivity index (χ4v) is 1.91. The van der Waals surface area contributed by atoms with Crippen molar-refractivity contribution in [1.82, 2.24) is 5.32 Å². The molecule has 0 rings (SSSR count). The van der Waals surface area contributed by atoms with E-state index in [-0.39, 0.29) is 0 Å². The van der Waals surface area contributed by atoms with Crippen LogP contribution in [0.3, 0.4) is 0 Å². The molecule has 2 nitrogen and oxygen atoms in total. The summed E-state index contributed by atoms with van der Waals surface area (Å²) in [5.41, 5.74) is 5.42. The van der Waals surface area contributed by atoms with Crippen molar-refractivity contribution >= 4 is 0 Å². The normalized spacial score (nSPS) is 10.9. The van der Waals surface area contributed by atoms with Crippen molar-refractivity contribution in [2.24, 2.45) is 5.73 Å². The highest BCUT2D eigenvalue weighted by molar-refractivity contribution is 4.51. The van der Waals surface area contributed by atoms with Crippen molar-refractivity contribution in [3.05, 3.63) is 0 Å². The van der Waals surface area contributed by atoms with E-state index in [9.17, 15) is 0 Å². The zero-order chi connectivity index (χ0) is 11.9. The third kappa shape index (κ3) is 13.9. The van der Waals surface area contributed by atoms with Gasteiger partial charge in [0.15, 0.2) is 0 Å². The Morgan fingerprint density at radius 3 is 1.75 bits per heavy atom. The van der Waals surface area contributed by atoms with Crippen LogP contribution in [0.1, 0.15) is 71.1 Å². The van der Waals surface area contributed by atoms with Gasteiger partial charge < -0.3 is 11.1 Å². The summed E-state index contributed by atoms with van der Waals surface area (Å²) in [6.45, 7) is 5.35. The molecule has 0 aliphatic heterocycles. The molecule has 0 heterocycles. The van der Waals surface area contributed by atoms with Crippen LogP contribution in [0.25, 0.3) is 0 Å². The van der Waals surface area contributed by atoms with Gasteiger partial charge >= 0.3 is 0 Å². The Morgan fingerprint density at radius 2 is 1.19 bits per heavy atom. The quantitative estimate of drug-likeness (QED) is 0.474. The first-order chi connectivity index (χ1) is 7.91. The third-order valence-corrected chi connectivity index (χ3v) is 3.01. The first-order valence-electron chi connectivity index (χ1n) is 7.32. The van der Waals surface area contributed by atoms with E-state index in [0.29, 0.717) is 0 Å². The molecular formula is C14H32N2. The first kappa shape index (κ1) is 15.9. The molecule has 98 valence electrons. The van der Waals surface area contributed by atoms with Crippen LogP contribution in [0, 0.1) is 0 Å². The molecule has 0 fully saturated rings. The second-order valence-corrected chi connectivity index (χ2v) is 4.72. The Kier molecular flexibility index (Phi) is 14.8. The monoisotopic (exact) mass is 228 g/mol. The highest BCUT2D eigenvalue weighted by Crippen LogP contribution is 2.09. The van der Waals surface area contributed by atoms with E-state index >= 15 is 0 Å². The van der Waals surface area contributed by atoms with Crippen molar-refractivity contribution in [1.29, 1.82) is 0 Å². The molecule has 0 unspecified atom stereocenters. The van der Waals surface area contributed by atoms with Crippen LogP contribution in [-0.2, 0) is 0 Å². The van der Waals surface area contributed by atoms with Gasteiger partial charge in [0.05, 0.1) is 0 Å². The molecule has 0 aromatic heterocycles. The third-order valence-electron chi connectivity index (χ3n) is 3.01. The minimum absolute atomic E-state index is 0.810. The highest BCUT2D eigenvalue weighted by atomic mass is 14.8. The van der Waals surface area contributed by atoms with Crippen molar-refractivity contribution < 1.29 is 0 Å². The predicted molar refractivity (Wildman–Crippen MR) is 73.8 cm³/mol. The van der Waals surface area contributed by atoms with Crippen LogP contribution >= 0.6 is 0 Å². The van der Waals surface area contributed by atoms with E-state index in [0.717, 1.165) is 19.5 Å². The minimum Gasteiger partial charge on any atom is -0.330 e. The molecule has 0 amide bonds. The van der Waals surface area contributed by atoms with Crippen molar-refractivity contribution in [3.63, 3.8) is 0 Å². The number of unbranched alkanes of at least 4 members (excludes halogenated alkanes) is 8. The van der Waals surface area contributed by atoms with Crippen molar-refractivity contribution in [2.45, 2.75) is 71.1 Å². The molecule has 2 heteroatoms. The molecular weight excluding hydrogens is 196 g/mol. The Morgan fingerprint density at radius 1 is 0.688 bits per heavy atom. The summed E-state index contributed by atoms with van der Waals surface area (Å²) >= 11 is 0. The van der Waals surface area contributed by atoms with Gasteiger partial charge in [-0.2, -0.15) is 0 Å². The van der Waals surface area contributed by atoms with Crippen LogP contribution < -0.4 is 11.1 Å². The Bertz CT molecular complexity index is 101. The summed E-state index contributed by atoms with van der Waals surface area (Å²) in [4.78, 5) is 0. The molecule has 3 N–H and O–H groups in total. The van der Waals surface area contributed by atoms with Gasteiger partial charge in [-0.15, -0.1) is 0 Å². The SMILES string of the molecule is CCCCCCCCCCCNCCCN. The number of hydrogen-bond acceptors (Lipinski definition) is 2. The fraction of sp³-hybridized carbons (Fsp3) is 1.00. The maximum atomic E-state index is 5.42. The van der Waals surface area contributed by atoms with E-state index in [1.165, 1.54) is 64.3 Å². The fourth-order valence-electron chi connectivity index (χ4n) is 1.91. The lowest BCUT2D eigenvalue weighted by Gasteiger charge is -2.04. The van der Waals surface area contributed by atoms with Crippen LogP contribution in [0.15, 0.2) is 0 Å². The van der Waals surface area contributed by atoms with Gasteiger partial charge in [0, 0.05) is 0 Å². The average Bonchev–Trinajstić information content (AvgIpc) is 2.31. The lowest BCUT2D eigenvalue weighted by atomic mass is 10.1. The largest absolute Gasteiger partial charge is 0.330 e. The number of nitrogens with two attached hydrogens (primary N) is 1. The molecule has 16 heavy (non-hydrogen) atoms. The summed E-state index contributed by atoms with van der Waals surface area (Å²) in [7, 11) is 0. The Labute approximate surface area is 102 Å². The van der Waals surface area contributed by atoms with E-state index in [4.69, 9.17) is 5.73 Å². The second-order valence-electron chi connectivity index (χ2n) is 4.72. The molecule has 0 bridgehead atoms. The first-order valence-corrected chi connectivity index (χ1v) is 7.32. The van der Waals surface area contributed by atoms with Gasteiger partial charge in [-0.3, -0.25) is 0 Å². The van der Waals surface area contributed by atoms with E-state index in [1.54, 1.807) is 0 Å². The van der Waals surface area contributed by atoms with Gasteiger partial charge in [-0.1, -0.05) is 58.3 Å². The Hall–Kier alpha value is -0.0800. The van der Waals surface area contributed by atoms with Crippen molar-refractivity contribution in [3.8, 4) is 0 Å². The maximum absolute atomic E-state index is 5.42. The minimum atomic E-state index is 0.810. The number of hydrogen-bond donors (Lipinski definition) is 2. The standard InChI is InChI=1S/C14H32N2/c1-2-3-4-5-6-7-8-9-10-13-16-14-11-12-15/h16H,2-15H2,1H3. The van der Waals surface area contributed by atoms with Crippen LogP contribution in [0.5, 0.6) is 0 Å². The van der Waals surface area contributed by atoms with Crippen LogP contribution in [0.4, 0.5) is 0 Å². The number of rotatable bonds is 13. The molecule has 0 aromatic rings. The highest BCUT2D eigenvalue weighted by Gasteiger charge is 1.92. The van der Waals surface area contributed by atoms with Gasteiger partial charge in [-0.25, -0.2) is 0 Å². The summed E-state index contributed by atoms with van der Waals surface area (Å²) in [6.07, 6.45) is 13.8. The van der Waals surface area contributed by atoms with Gasteiger partial charge in [-0.05, 0) is 32.5 Å². The van der Waals surface area contributed by atoms with Gasteiger partial charge in [0.1, 0.15) is 0 Å². The second kappa shape index (κ2) is 14.9. The lowest BCUT2D eigenvalue weighted by Crippen LogP contribution is -2.19. The smallest absolute Gasteiger partial charge is 0.00369 e. The molecule has 0 aliphatic rings. The molecule has 0 saturated heterocycles. The van der Waals surface area contributed by atoms with E-state index in [2.05, 4.69) is 12.2 Å². The van der Waals surface area contributed by atoms with Gasteiger partial charge in [0.2, 0.25) is 0 Å². The summed E-state index contributed by atoms with van der Waals surface area (Å²) in [5, 5.41) is 3.43. The molecule has 0 atom stereocenters. The molecule has 0 radical (unpaired) electrons. The summed E-state index contributed by atoms with van der Waals surface area (Å²) in [6, 6.07) is 0. The Balaban J connectivity index is 2.83. The predicted octanol–water partition coefficient (Wildman–Crippen LogP) is 3.46. The summed E-state index contributed by atoms with van der Waals surface area (Å²) in [5.74, 6) is 0. The lowest BCUT2D eigenvalue weighted by molar-refractivity contribution is 0.546. The maximum Gasteiger partial charge on any atom is -0.00369 e.